The fourth-order valence-corrected chi connectivity index (χ4v) is 3.25. The number of rotatable bonds is 7. The lowest BCUT2D eigenvalue weighted by molar-refractivity contribution is 0.172. The van der Waals surface area contributed by atoms with E-state index in [1.54, 1.807) is 38.1 Å². The molecule has 0 saturated carbocycles. The van der Waals surface area contributed by atoms with E-state index >= 15 is 0 Å². The summed E-state index contributed by atoms with van der Waals surface area (Å²) in [5.41, 5.74) is 0.0175. The first-order valence-electron chi connectivity index (χ1n) is 6.23. The van der Waals surface area contributed by atoms with Crippen molar-refractivity contribution in [3.05, 3.63) is 34.9 Å². The normalized spacial score (nSPS) is 14.2. The molecule has 0 heterocycles. The Morgan fingerprint density at radius 2 is 1.95 bits per heavy atom. The number of nitrogens with one attached hydrogen (secondary N) is 2. The third-order valence-electron chi connectivity index (χ3n) is 2.63. The highest BCUT2D eigenvalue weighted by atomic mass is 35.5. The summed E-state index contributed by atoms with van der Waals surface area (Å²) in [7, 11) is -3.26. The molecule has 1 aromatic rings. The van der Waals surface area contributed by atoms with Crippen molar-refractivity contribution in [3.63, 3.8) is 0 Å². The summed E-state index contributed by atoms with van der Waals surface area (Å²) in [5.74, 6) is 0. The predicted octanol–water partition coefficient (Wildman–Crippen LogP) is 1.29. The molecule has 7 heteroatoms. The van der Waals surface area contributed by atoms with Crippen molar-refractivity contribution < 1.29 is 13.5 Å². The highest BCUT2D eigenvalue weighted by Crippen LogP contribution is 2.21. The molecule has 0 radical (unpaired) electrons. The first kappa shape index (κ1) is 17.4. The summed E-state index contributed by atoms with van der Waals surface area (Å²) in [6.45, 7) is 4.21. The number of aliphatic hydroxyl groups is 1. The van der Waals surface area contributed by atoms with E-state index in [0.29, 0.717) is 23.7 Å². The van der Waals surface area contributed by atoms with E-state index in [1.807, 2.05) is 0 Å². The Morgan fingerprint density at radius 1 is 1.35 bits per heavy atom. The molecule has 0 aliphatic rings. The molecule has 1 rings (SSSR count). The third-order valence-corrected chi connectivity index (χ3v) is 3.90. The second-order valence-electron chi connectivity index (χ2n) is 5.43. The van der Waals surface area contributed by atoms with Crippen LogP contribution in [0.3, 0.4) is 0 Å². The van der Waals surface area contributed by atoms with Crippen molar-refractivity contribution >= 4 is 21.6 Å². The number of sulfonamides is 1. The van der Waals surface area contributed by atoms with Gasteiger partial charge in [0.15, 0.2) is 0 Å². The molecule has 3 N–H and O–H groups in total. The summed E-state index contributed by atoms with van der Waals surface area (Å²) >= 11 is 6.00. The Bertz CT molecular complexity index is 546. The summed E-state index contributed by atoms with van der Waals surface area (Å²) in [6, 6.07) is 7.08. The lowest BCUT2D eigenvalue weighted by Crippen LogP contribution is -2.50. The maximum atomic E-state index is 11.2. The van der Waals surface area contributed by atoms with Crippen molar-refractivity contribution in [2.45, 2.75) is 25.5 Å². The summed E-state index contributed by atoms with van der Waals surface area (Å²) < 4.78 is 24.9. The minimum atomic E-state index is -3.26. The van der Waals surface area contributed by atoms with Crippen LogP contribution >= 0.6 is 11.6 Å². The maximum absolute atomic E-state index is 11.2. The van der Waals surface area contributed by atoms with Gasteiger partial charge in [-0.15, -0.1) is 0 Å². The fraction of sp³-hybridized carbons (Fsp3) is 0.538. The Morgan fingerprint density at radius 3 is 2.50 bits per heavy atom. The molecule has 1 atom stereocenters. The molecule has 0 bridgehead atoms. The molecule has 1 aromatic carbocycles. The summed E-state index contributed by atoms with van der Waals surface area (Å²) in [4.78, 5) is 0. The van der Waals surface area contributed by atoms with E-state index in [0.717, 1.165) is 6.26 Å². The first-order chi connectivity index (χ1) is 9.11. The molecular formula is C13H21ClN2O3S. The van der Waals surface area contributed by atoms with Crippen molar-refractivity contribution in [1.29, 1.82) is 0 Å². The molecule has 114 valence electrons. The molecule has 0 aliphatic carbocycles. The van der Waals surface area contributed by atoms with Gasteiger partial charge in [0.1, 0.15) is 0 Å². The first-order valence-corrected chi connectivity index (χ1v) is 8.50. The van der Waals surface area contributed by atoms with Gasteiger partial charge in [-0.25, -0.2) is 13.1 Å². The van der Waals surface area contributed by atoms with Gasteiger partial charge in [-0.3, -0.25) is 0 Å². The number of halogens is 1. The largest absolute Gasteiger partial charge is 0.387 e. The second-order valence-corrected chi connectivity index (χ2v) is 7.58. The predicted molar refractivity (Wildman–Crippen MR) is 81.3 cm³/mol. The molecule has 0 spiro atoms. The van der Waals surface area contributed by atoms with Gasteiger partial charge in [-0.1, -0.05) is 29.8 Å². The van der Waals surface area contributed by atoms with Crippen LogP contribution in [0.4, 0.5) is 0 Å². The van der Waals surface area contributed by atoms with E-state index < -0.39 is 21.7 Å². The van der Waals surface area contributed by atoms with Crippen LogP contribution in [0.15, 0.2) is 24.3 Å². The van der Waals surface area contributed by atoms with Gasteiger partial charge in [0.2, 0.25) is 10.0 Å². The van der Waals surface area contributed by atoms with Gasteiger partial charge >= 0.3 is 0 Å². The minimum absolute atomic E-state index is 0.290. The smallest absolute Gasteiger partial charge is 0.209 e. The van der Waals surface area contributed by atoms with Gasteiger partial charge in [-0.2, -0.15) is 0 Å². The average molecular weight is 321 g/mol. The number of hydrogen-bond acceptors (Lipinski definition) is 4. The third kappa shape index (κ3) is 6.19. The highest BCUT2D eigenvalue weighted by Gasteiger charge is 2.22. The van der Waals surface area contributed by atoms with Crippen molar-refractivity contribution in [3.8, 4) is 0 Å². The molecule has 0 aromatic heterocycles. The van der Waals surface area contributed by atoms with Gasteiger partial charge in [0, 0.05) is 29.2 Å². The van der Waals surface area contributed by atoms with Crippen LogP contribution in [0.25, 0.3) is 0 Å². The van der Waals surface area contributed by atoms with Crippen LogP contribution < -0.4 is 10.0 Å². The molecule has 1 unspecified atom stereocenters. The standard InChI is InChI=1S/C13H21ClN2O3S/c1-13(2,16-20(3,18)19)9-15-8-12(17)10-6-4-5-7-11(10)14/h4-7,12,15-17H,8-9H2,1-3H3. The quantitative estimate of drug-likeness (QED) is 0.707. The zero-order valence-electron chi connectivity index (χ0n) is 11.9. The zero-order chi connectivity index (χ0) is 15.4. The average Bonchev–Trinajstić information content (AvgIpc) is 2.25. The fourth-order valence-electron chi connectivity index (χ4n) is 1.91. The van der Waals surface area contributed by atoms with Crippen molar-refractivity contribution in [1.82, 2.24) is 10.0 Å². The van der Waals surface area contributed by atoms with Crippen LogP contribution in [0, 0.1) is 0 Å². The Kier molecular flexibility index (Phi) is 5.97. The second kappa shape index (κ2) is 6.87. The Hall–Kier alpha value is -0.660. The van der Waals surface area contributed by atoms with Crippen LogP contribution in [0.2, 0.25) is 5.02 Å². The molecule has 0 saturated heterocycles. The van der Waals surface area contributed by atoms with E-state index in [-0.39, 0.29) is 0 Å². The maximum Gasteiger partial charge on any atom is 0.209 e. The van der Waals surface area contributed by atoms with Crippen molar-refractivity contribution in [2.24, 2.45) is 0 Å². The monoisotopic (exact) mass is 320 g/mol. The zero-order valence-corrected chi connectivity index (χ0v) is 13.4. The Labute approximate surface area is 125 Å². The van der Waals surface area contributed by atoms with Crippen LogP contribution in [0.1, 0.15) is 25.5 Å². The van der Waals surface area contributed by atoms with Gasteiger partial charge < -0.3 is 10.4 Å². The van der Waals surface area contributed by atoms with Crippen LogP contribution in [-0.2, 0) is 10.0 Å². The molecule has 0 amide bonds. The highest BCUT2D eigenvalue weighted by molar-refractivity contribution is 7.88. The minimum Gasteiger partial charge on any atom is -0.387 e. The molecule has 0 fully saturated rings. The number of hydrogen-bond donors (Lipinski definition) is 3. The lowest BCUT2D eigenvalue weighted by Gasteiger charge is -2.26. The van der Waals surface area contributed by atoms with Crippen LogP contribution in [-0.4, -0.2) is 38.4 Å². The Balaban J connectivity index is 2.50. The van der Waals surface area contributed by atoms with Crippen molar-refractivity contribution in [2.75, 3.05) is 19.3 Å². The molecular weight excluding hydrogens is 300 g/mol. The summed E-state index contributed by atoms with van der Waals surface area (Å²) in [6.07, 6.45) is 0.380. The SMILES string of the molecule is CC(C)(CNCC(O)c1ccccc1Cl)NS(C)(=O)=O. The molecule has 20 heavy (non-hydrogen) atoms. The van der Waals surface area contributed by atoms with E-state index in [9.17, 15) is 13.5 Å². The lowest BCUT2D eigenvalue weighted by atomic mass is 10.1. The van der Waals surface area contributed by atoms with Gasteiger partial charge in [0.05, 0.1) is 12.4 Å². The topological polar surface area (TPSA) is 78.4 Å². The number of aliphatic hydroxyl groups excluding tert-OH is 1. The number of benzene rings is 1. The van der Waals surface area contributed by atoms with E-state index in [2.05, 4.69) is 10.0 Å². The van der Waals surface area contributed by atoms with Gasteiger partial charge in [-0.05, 0) is 19.9 Å². The van der Waals surface area contributed by atoms with Gasteiger partial charge in [0.25, 0.3) is 0 Å². The van der Waals surface area contributed by atoms with E-state index in [4.69, 9.17) is 11.6 Å². The molecule has 5 nitrogen and oxygen atoms in total. The molecule has 0 aliphatic heterocycles. The summed E-state index contributed by atoms with van der Waals surface area (Å²) in [5, 5.41) is 13.6. The van der Waals surface area contributed by atoms with Crippen LogP contribution in [0.5, 0.6) is 0 Å². The van der Waals surface area contributed by atoms with E-state index in [1.165, 1.54) is 0 Å².